The largest absolute Gasteiger partial charge is 0.481 e. The number of carboxylic acid groups (broad SMARTS) is 1. The number of allylic oxidation sites excluding steroid dienone is 2. The number of carboxylic acids is 1. The van der Waals surface area contributed by atoms with E-state index in [0.717, 1.165) is 32.2 Å². The number of nitrogens with one attached hydrogen (secondary N) is 1. The van der Waals surface area contributed by atoms with Crippen LogP contribution in [0.2, 0.25) is 0 Å². The van der Waals surface area contributed by atoms with Gasteiger partial charge in [-0.1, -0.05) is 12.2 Å². The van der Waals surface area contributed by atoms with Crippen LogP contribution in [0, 0.1) is 17.8 Å². The Hall–Kier alpha value is -0.870. The molecule has 19 heavy (non-hydrogen) atoms. The van der Waals surface area contributed by atoms with Crippen molar-refractivity contribution in [2.24, 2.45) is 17.8 Å². The predicted octanol–water partition coefficient (Wildman–Crippen LogP) is 2.06. The van der Waals surface area contributed by atoms with E-state index in [2.05, 4.69) is 11.4 Å². The van der Waals surface area contributed by atoms with E-state index in [4.69, 9.17) is 4.74 Å². The molecule has 5 atom stereocenters. The molecule has 2 N–H and O–H groups in total. The van der Waals surface area contributed by atoms with Crippen LogP contribution in [0.4, 0.5) is 0 Å². The monoisotopic (exact) mass is 267 g/mol. The van der Waals surface area contributed by atoms with Crippen LogP contribution in [0.25, 0.3) is 0 Å². The Labute approximate surface area is 115 Å². The van der Waals surface area contributed by atoms with Gasteiger partial charge in [0.05, 0.1) is 18.1 Å². The summed E-state index contributed by atoms with van der Waals surface area (Å²) in [7, 11) is 1.93. The van der Waals surface area contributed by atoms with Crippen LogP contribution in [0.15, 0.2) is 12.2 Å². The van der Waals surface area contributed by atoms with Crippen molar-refractivity contribution in [1.29, 1.82) is 0 Å². The Morgan fingerprint density at radius 1 is 1.47 bits per heavy atom. The van der Waals surface area contributed by atoms with E-state index in [1.54, 1.807) is 0 Å². The zero-order chi connectivity index (χ0) is 13.8. The summed E-state index contributed by atoms with van der Waals surface area (Å²) >= 11 is 0. The van der Waals surface area contributed by atoms with Gasteiger partial charge in [-0.3, -0.25) is 4.79 Å². The summed E-state index contributed by atoms with van der Waals surface area (Å²) in [5, 5.41) is 12.7. The van der Waals surface area contributed by atoms with Gasteiger partial charge in [-0.25, -0.2) is 0 Å². The van der Waals surface area contributed by atoms with E-state index in [1.165, 1.54) is 0 Å². The molecule has 0 radical (unpaired) electrons. The fourth-order valence-corrected chi connectivity index (χ4v) is 3.79. The van der Waals surface area contributed by atoms with Crippen LogP contribution in [0.5, 0.6) is 0 Å². The molecule has 0 saturated carbocycles. The molecule has 0 aliphatic carbocycles. The number of carbonyl (C=O) groups is 1. The minimum atomic E-state index is -0.660. The molecule has 108 valence electrons. The molecule has 0 aromatic rings. The molecule has 2 aliphatic rings. The maximum absolute atomic E-state index is 11.6. The average Bonchev–Trinajstić information content (AvgIpc) is 2.96. The number of fused-ring (bicyclic) bond motifs is 2. The molecule has 0 spiro atoms. The highest BCUT2D eigenvalue weighted by molar-refractivity contribution is 5.70. The Bertz CT molecular complexity index is 342. The topological polar surface area (TPSA) is 58.6 Å². The van der Waals surface area contributed by atoms with Gasteiger partial charge < -0.3 is 15.2 Å². The van der Waals surface area contributed by atoms with Crippen LogP contribution in [-0.2, 0) is 9.53 Å². The van der Waals surface area contributed by atoms with Gasteiger partial charge in [0.25, 0.3) is 0 Å². The van der Waals surface area contributed by atoms with Crippen molar-refractivity contribution in [1.82, 2.24) is 5.32 Å². The van der Waals surface area contributed by atoms with Crippen molar-refractivity contribution in [2.75, 3.05) is 13.6 Å². The summed E-state index contributed by atoms with van der Waals surface area (Å²) in [5.41, 5.74) is 0. The van der Waals surface area contributed by atoms with Gasteiger partial charge in [-0.15, -0.1) is 0 Å². The zero-order valence-corrected chi connectivity index (χ0v) is 11.8. The standard InChI is InChI=1S/C15H25NO3/c1-3-4-5-6-10(15(17)18)14-11(9-16-2)12-7-8-13(14)19-12/h3-4,10-14,16H,5-9H2,1-2H3,(H,17,18)/b4-3+. The molecule has 4 heteroatoms. The van der Waals surface area contributed by atoms with Crippen molar-refractivity contribution in [3.05, 3.63) is 12.2 Å². The number of hydrogen-bond acceptors (Lipinski definition) is 3. The molecule has 4 nitrogen and oxygen atoms in total. The second-order valence-corrected chi connectivity index (χ2v) is 5.68. The fraction of sp³-hybridized carbons (Fsp3) is 0.800. The Morgan fingerprint density at radius 3 is 2.84 bits per heavy atom. The van der Waals surface area contributed by atoms with E-state index in [9.17, 15) is 9.90 Å². The van der Waals surface area contributed by atoms with Crippen LogP contribution >= 0.6 is 0 Å². The lowest BCUT2D eigenvalue weighted by Crippen LogP contribution is -2.41. The molecule has 2 fully saturated rings. The number of aliphatic carboxylic acids is 1. The maximum atomic E-state index is 11.6. The van der Waals surface area contributed by atoms with Crippen molar-refractivity contribution in [3.8, 4) is 0 Å². The molecule has 2 aliphatic heterocycles. The number of rotatable bonds is 7. The Morgan fingerprint density at radius 2 is 2.21 bits per heavy atom. The van der Waals surface area contributed by atoms with E-state index >= 15 is 0 Å². The van der Waals surface area contributed by atoms with Crippen molar-refractivity contribution in [2.45, 2.75) is 44.8 Å². The quantitative estimate of drug-likeness (QED) is 0.693. The minimum absolute atomic E-state index is 0.162. The first-order chi connectivity index (χ1) is 9.19. The third-order valence-electron chi connectivity index (χ3n) is 4.59. The molecule has 0 aromatic carbocycles. The highest BCUT2D eigenvalue weighted by atomic mass is 16.5. The summed E-state index contributed by atoms with van der Waals surface area (Å²) in [6.45, 7) is 2.83. The summed E-state index contributed by atoms with van der Waals surface area (Å²) in [6.07, 6.45) is 8.15. The van der Waals surface area contributed by atoms with Crippen LogP contribution in [0.1, 0.15) is 32.6 Å². The summed E-state index contributed by atoms with van der Waals surface area (Å²) in [6, 6.07) is 0. The zero-order valence-electron chi connectivity index (χ0n) is 11.8. The fourth-order valence-electron chi connectivity index (χ4n) is 3.79. The number of hydrogen-bond donors (Lipinski definition) is 2. The smallest absolute Gasteiger partial charge is 0.306 e. The van der Waals surface area contributed by atoms with Gasteiger partial charge in [0.15, 0.2) is 0 Å². The van der Waals surface area contributed by atoms with Crippen molar-refractivity contribution >= 4 is 5.97 Å². The minimum Gasteiger partial charge on any atom is -0.481 e. The Balaban J connectivity index is 2.08. The SMILES string of the molecule is C/C=C/CCC(C(=O)O)C1C2CCC(O2)C1CNC. The highest BCUT2D eigenvalue weighted by Gasteiger charge is 2.52. The van der Waals surface area contributed by atoms with Gasteiger partial charge in [-0.2, -0.15) is 0 Å². The number of ether oxygens (including phenoxy) is 1. The first-order valence-electron chi connectivity index (χ1n) is 7.33. The van der Waals surface area contributed by atoms with E-state index < -0.39 is 5.97 Å². The van der Waals surface area contributed by atoms with E-state index in [0.29, 0.717) is 5.92 Å². The van der Waals surface area contributed by atoms with Crippen LogP contribution in [0.3, 0.4) is 0 Å². The molecule has 2 rings (SSSR count). The van der Waals surface area contributed by atoms with Crippen LogP contribution < -0.4 is 5.32 Å². The lowest BCUT2D eigenvalue weighted by atomic mass is 9.71. The maximum Gasteiger partial charge on any atom is 0.306 e. The van der Waals surface area contributed by atoms with E-state index in [1.807, 2.05) is 20.0 Å². The molecule has 5 unspecified atom stereocenters. The summed E-state index contributed by atoms with van der Waals surface area (Å²) < 4.78 is 5.97. The molecule has 2 bridgehead atoms. The van der Waals surface area contributed by atoms with Gasteiger partial charge >= 0.3 is 5.97 Å². The molecule has 2 heterocycles. The van der Waals surface area contributed by atoms with Crippen molar-refractivity contribution < 1.29 is 14.6 Å². The average molecular weight is 267 g/mol. The lowest BCUT2D eigenvalue weighted by molar-refractivity contribution is -0.145. The second kappa shape index (κ2) is 6.53. The van der Waals surface area contributed by atoms with Gasteiger partial charge in [0, 0.05) is 18.4 Å². The molecular weight excluding hydrogens is 242 g/mol. The predicted molar refractivity (Wildman–Crippen MR) is 74.0 cm³/mol. The Kier molecular flexibility index (Phi) is 4.99. The first kappa shape index (κ1) is 14.5. The lowest BCUT2D eigenvalue weighted by Gasteiger charge is -2.32. The first-order valence-corrected chi connectivity index (χ1v) is 7.33. The second-order valence-electron chi connectivity index (χ2n) is 5.68. The normalized spacial score (nSPS) is 35.1. The molecule has 2 saturated heterocycles. The molecule has 0 aromatic heterocycles. The van der Waals surface area contributed by atoms with Crippen molar-refractivity contribution in [3.63, 3.8) is 0 Å². The van der Waals surface area contributed by atoms with E-state index in [-0.39, 0.29) is 24.0 Å². The van der Waals surface area contributed by atoms with Gasteiger partial charge in [0.2, 0.25) is 0 Å². The summed E-state index contributed by atoms with van der Waals surface area (Å²) in [4.78, 5) is 11.6. The molecule has 0 amide bonds. The third kappa shape index (κ3) is 3.00. The molecular formula is C15H25NO3. The van der Waals surface area contributed by atoms with Gasteiger partial charge in [0.1, 0.15) is 0 Å². The van der Waals surface area contributed by atoms with Gasteiger partial charge in [-0.05, 0) is 39.7 Å². The van der Waals surface area contributed by atoms with Crippen LogP contribution in [-0.4, -0.2) is 36.9 Å². The summed E-state index contributed by atoms with van der Waals surface area (Å²) in [5.74, 6) is -0.402. The highest BCUT2D eigenvalue weighted by Crippen LogP contribution is 2.47. The third-order valence-corrected chi connectivity index (χ3v) is 4.59.